The third kappa shape index (κ3) is 4.08. The number of carbonyl (C=O) groups excluding carboxylic acids is 4. The first kappa shape index (κ1) is 30.3. The molecule has 3 N–H and O–H groups in total. The molecule has 9 atom stereocenters. The quantitative estimate of drug-likeness (QED) is 0.347. The molecule has 3 fully saturated rings. The Hall–Kier alpha value is -3.12. The molecule has 228 valence electrons. The van der Waals surface area contributed by atoms with E-state index in [9.17, 15) is 34.5 Å². The number of esters is 3. The van der Waals surface area contributed by atoms with Crippen molar-refractivity contribution in [3.05, 3.63) is 47.0 Å². The third-order valence-electron chi connectivity index (χ3n) is 10.3. The Morgan fingerprint density at radius 3 is 2.19 bits per heavy atom. The van der Waals surface area contributed by atoms with Gasteiger partial charge >= 0.3 is 17.9 Å². The first-order chi connectivity index (χ1) is 19.5. The Morgan fingerprint density at radius 1 is 1.00 bits per heavy atom. The summed E-state index contributed by atoms with van der Waals surface area (Å²) in [6.07, 6.45) is -7.54. The zero-order chi connectivity index (χ0) is 31.0. The predicted octanol–water partition coefficient (Wildman–Crippen LogP) is 1.65. The second kappa shape index (κ2) is 9.97. The average Bonchev–Trinajstić information content (AvgIpc) is 2.90. The van der Waals surface area contributed by atoms with Crippen LogP contribution in [0.25, 0.3) is 0 Å². The number of rotatable bonds is 4. The summed E-state index contributed by atoms with van der Waals surface area (Å²) in [5, 5.41) is 36.8. The van der Waals surface area contributed by atoms with E-state index in [0.717, 1.165) is 6.92 Å². The second-order valence-electron chi connectivity index (χ2n) is 12.8. The molecule has 42 heavy (non-hydrogen) atoms. The summed E-state index contributed by atoms with van der Waals surface area (Å²) >= 11 is 0. The van der Waals surface area contributed by atoms with Gasteiger partial charge in [0.2, 0.25) is 0 Å². The molecule has 0 aromatic heterocycles. The van der Waals surface area contributed by atoms with E-state index in [4.69, 9.17) is 18.9 Å². The molecule has 3 aliphatic carbocycles. The van der Waals surface area contributed by atoms with E-state index >= 15 is 0 Å². The maximum absolute atomic E-state index is 13.7. The molecule has 0 amide bonds. The Balaban J connectivity index is 1.84. The lowest BCUT2D eigenvalue weighted by Crippen LogP contribution is -2.82. The van der Waals surface area contributed by atoms with Gasteiger partial charge in [0.1, 0.15) is 23.9 Å². The van der Waals surface area contributed by atoms with Gasteiger partial charge in [0.15, 0.2) is 17.5 Å². The van der Waals surface area contributed by atoms with Crippen LogP contribution < -0.4 is 0 Å². The van der Waals surface area contributed by atoms with Crippen molar-refractivity contribution in [2.24, 2.45) is 16.7 Å². The zero-order valence-corrected chi connectivity index (χ0v) is 24.6. The lowest BCUT2D eigenvalue weighted by Gasteiger charge is -2.68. The molecule has 2 bridgehead atoms. The van der Waals surface area contributed by atoms with Crippen molar-refractivity contribution in [2.45, 2.75) is 96.1 Å². The van der Waals surface area contributed by atoms with Gasteiger partial charge in [-0.15, -0.1) is 0 Å². The van der Waals surface area contributed by atoms with E-state index in [0.29, 0.717) is 0 Å². The summed E-state index contributed by atoms with van der Waals surface area (Å²) < 4.78 is 23.6. The van der Waals surface area contributed by atoms with Crippen LogP contribution in [0.4, 0.5) is 0 Å². The average molecular weight is 587 g/mol. The number of aliphatic hydroxyl groups excluding tert-OH is 2. The maximum Gasteiger partial charge on any atom is 0.338 e. The molecule has 11 heteroatoms. The van der Waals surface area contributed by atoms with Crippen LogP contribution in [0.3, 0.4) is 0 Å². The number of allylic oxidation sites excluding steroid dienone is 1. The van der Waals surface area contributed by atoms with Crippen LogP contribution >= 0.6 is 0 Å². The van der Waals surface area contributed by atoms with Crippen LogP contribution in [0.1, 0.15) is 64.7 Å². The van der Waals surface area contributed by atoms with Gasteiger partial charge in [0.05, 0.1) is 24.2 Å². The largest absolute Gasteiger partial charge is 0.455 e. The number of hydrogen-bond donors (Lipinski definition) is 3. The number of hydrogen-bond acceptors (Lipinski definition) is 11. The first-order valence-electron chi connectivity index (χ1n) is 14.1. The molecule has 1 aromatic carbocycles. The highest BCUT2D eigenvalue weighted by Crippen LogP contribution is 2.64. The van der Waals surface area contributed by atoms with Crippen molar-refractivity contribution < 1.29 is 53.4 Å². The fourth-order valence-electron chi connectivity index (χ4n) is 7.96. The topological polar surface area (TPSA) is 166 Å². The van der Waals surface area contributed by atoms with E-state index in [-0.39, 0.29) is 29.7 Å². The summed E-state index contributed by atoms with van der Waals surface area (Å²) in [4.78, 5) is 52.3. The van der Waals surface area contributed by atoms with Gasteiger partial charge < -0.3 is 34.3 Å². The summed E-state index contributed by atoms with van der Waals surface area (Å²) in [5.41, 5.74) is -6.37. The summed E-state index contributed by atoms with van der Waals surface area (Å²) in [6, 6.07) is 8.05. The van der Waals surface area contributed by atoms with E-state index in [1.807, 2.05) is 0 Å². The fraction of sp³-hybridized carbons (Fsp3) is 0.613. The second-order valence-corrected chi connectivity index (χ2v) is 12.8. The van der Waals surface area contributed by atoms with Gasteiger partial charge in [0.25, 0.3) is 0 Å². The predicted molar refractivity (Wildman–Crippen MR) is 145 cm³/mol. The number of carbonyl (C=O) groups is 4. The molecule has 2 saturated carbocycles. The Morgan fingerprint density at radius 2 is 1.64 bits per heavy atom. The molecule has 0 unspecified atom stereocenters. The van der Waals surface area contributed by atoms with Crippen LogP contribution in [-0.4, -0.2) is 87.3 Å². The van der Waals surface area contributed by atoms with E-state index < -0.39 is 88.6 Å². The summed E-state index contributed by atoms with van der Waals surface area (Å²) in [5.74, 6) is -4.08. The highest BCUT2D eigenvalue weighted by molar-refractivity contribution is 5.98. The monoisotopic (exact) mass is 586 g/mol. The van der Waals surface area contributed by atoms with E-state index in [2.05, 4.69) is 0 Å². The minimum atomic E-state index is -2.17. The molecule has 0 spiro atoms. The molecule has 1 aromatic rings. The smallest absolute Gasteiger partial charge is 0.338 e. The Bertz CT molecular complexity index is 1350. The molecule has 5 rings (SSSR count). The molecular formula is C31H38O11. The van der Waals surface area contributed by atoms with Gasteiger partial charge in [-0.25, -0.2) is 4.79 Å². The number of ketones is 1. The standard InChI is InChI=1S/C31H38O11/c1-15-19(34)13-31(38)26(41-27(37)18-10-8-7-9-11-18)24-29(6,20(35)12-21-30(24,14-39-21)42-17(3)33)25(36)23(40-16(2)32)22(15)28(31,4)5/h7-11,20-21,23-26,35-36,38H,12-14H2,1-6H3/t20-,21+,23+,24-,25-,26-,29+,30-,31+/m0/s1. The lowest BCUT2D eigenvalue weighted by atomic mass is 9.44. The number of ether oxygens (including phenoxy) is 4. The van der Waals surface area contributed by atoms with Gasteiger partial charge in [-0.2, -0.15) is 0 Å². The van der Waals surface area contributed by atoms with Crippen LogP contribution in [0.5, 0.6) is 0 Å². The number of benzene rings is 1. The van der Waals surface area contributed by atoms with E-state index in [1.54, 1.807) is 32.0 Å². The molecule has 0 radical (unpaired) electrons. The van der Waals surface area contributed by atoms with Crippen molar-refractivity contribution in [1.29, 1.82) is 0 Å². The zero-order valence-electron chi connectivity index (χ0n) is 24.6. The van der Waals surface area contributed by atoms with Crippen molar-refractivity contribution in [2.75, 3.05) is 6.61 Å². The molecule has 1 aliphatic heterocycles. The van der Waals surface area contributed by atoms with Gasteiger partial charge in [-0.1, -0.05) is 39.0 Å². The number of Topliss-reactive ketones (excluding diaryl/α,β-unsaturated/α-hetero) is 1. The van der Waals surface area contributed by atoms with Crippen molar-refractivity contribution in [3.8, 4) is 0 Å². The van der Waals surface area contributed by atoms with Crippen LogP contribution in [0.15, 0.2) is 41.5 Å². The molecule has 1 saturated heterocycles. The SMILES string of the molecule is CC(=O)O[C@@H]1C2=C(C)C(=O)C[C@@](O)([C@@H](OC(=O)c3ccccc3)[C@@H]3[C@]4(OC(C)=O)CO[C@@H]4C[C@H](O)[C@@]3(C)[C@H]1O)C2(C)C. The minimum Gasteiger partial charge on any atom is -0.455 e. The third-order valence-corrected chi connectivity index (χ3v) is 10.3. The fourth-order valence-corrected chi connectivity index (χ4v) is 7.96. The molecule has 1 heterocycles. The first-order valence-corrected chi connectivity index (χ1v) is 14.1. The van der Waals surface area contributed by atoms with Crippen molar-refractivity contribution >= 4 is 23.7 Å². The van der Waals surface area contributed by atoms with Crippen LogP contribution in [0.2, 0.25) is 0 Å². The molecule has 4 aliphatic rings. The molecule has 11 nitrogen and oxygen atoms in total. The summed E-state index contributed by atoms with van der Waals surface area (Å²) in [6.45, 7) is 8.49. The lowest BCUT2D eigenvalue weighted by molar-refractivity contribution is -0.363. The molecular weight excluding hydrogens is 548 g/mol. The van der Waals surface area contributed by atoms with Crippen molar-refractivity contribution in [1.82, 2.24) is 0 Å². The summed E-state index contributed by atoms with van der Waals surface area (Å²) in [7, 11) is 0. The van der Waals surface area contributed by atoms with Crippen LogP contribution in [-0.2, 0) is 33.3 Å². The Kier molecular flexibility index (Phi) is 7.20. The maximum atomic E-state index is 13.7. The normalized spacial score (nSPS) is 40.4. The Labute approximate surface area is 243 Å². The van der Waals surface area contributed by atoms with Crippen LogP contribution in [0, 0.1) is 16.7 Å². The number of aliphatic hydroxyl groups is 3. The van der Waals surface area contributed by atoms with E-state index in [1.165, 1.54) is 32.9 Å². The van der Waals surface area contributed by atoms with Gasteiger partial charge in [-0.3, -0.25) is 14.4 Å². The highest BCUT2D eigenvalue weighted by atomic mass is 16.6. The highest BCUT2D eigenvalue weighted by Gasteiger charge is 2.78. The minimum absolute atomic E-state index is 0.0672. The van der Waals surface area contributed by atoms with Gasteiger partial charge in [0, 0.05) is 37.5 Å². The van der Waals surface area contributed by atoms with Crippen molar-refractivity contribution in [3.63, 3.8) is 0 Å². The van der Waals surface area contributed by atoms with Gasteiger partial charge in [-0.05, 0) is 30.2 Å². The number of fused-ring (bicyclic) bond motifs is 5.